The first-order chi connectivity index (χ1) is 33.6. The fourth-order valence-corrected chi connectivity index (χ4v) is 8.08. The third-order valence-corrected chi connectivity index (χ3v) is 12.4. The van der Waals surface area contributed by atoms with Crippen LogP contribution >= 0.6 is 0 Å². The van der Waals surface area contributed by atoms with Crippen molar-refractivity contribution in [3.63, 3.8) is 0 Å². The zero-order valence-corrected chi connectivity index (χ0v) is 48.0. The Bertz CT molecular complexity index is 1780. The van der Waals surface area contributed by atoms with E-state index < -0.39 is 23.9 Å². The molecule has 0 aliphatic carbocycles. The van der Waals surface area contributed by atoms with Gasteiger partial charge in [-0.2, -0.15) is 0 Å². The molecule has 0 fully saturated rings. The molecule has 4 aromatic rings. The van der Waals surface area contributed by atoms with Gasteiger partial charge in [0, 0.05) is 47.0 Å². The average Bonchev–Trinajstić information content (AvgIpc) is 3.38. The smallest absolute Gasteiger partial charge is 2.00 e. The van der Waals surface area contributed by atoms with Crippen LogP contribution in [0.25, 0.3) is 22.8 Å². The van der Waals surface area contributed by atoms with Crippen LogP contribution in [-0.4, -0.2) is 105 Å². The normalized spacial score (nSPS) is 10.4. The molecule has 18 heteroatoms. The Hall–Kier alpha value is -4.45. The van der Waals surface area contributed by atoms with Crippen molar-refractivity contribution in [2.75, 3.05) is 52.4 Å². The Morgan fingerprint density at radius 1 is 0.351 bits per heavy atom. The topological polar surface area (TPSA) is 269 Å². The van der Waals surface area contributed by atoms with Crippen LogP contribution in [0.3, 0.4) is 0 Å². The molecular weight excluding hydrogens is 1030 g/mol. The fraction of sp³-hybridized carbons (Fsp3) is 0.571. The van der Waals surface area contributed by atoms with Crippen LogP contribution < -0.4 is 20.4 Å². The largest absolute Gasteiger partial charge is 4.00 e. The quantitative estimate of drug-likeness (QED) is 0.0363. The first-order valence-corrected chi connectivity index (χ1v) is 26.0. The number of carbonyl (C=O) groups is 4. The monoisotopic (exact) mass is 1110 g/mol. The van der Waals surface area contributed by atoms with E-state index in [0.717, 1.165) is 0 Å². The number of nitrogens with zero attached hydrogens (tertiary/aromatic N) is 6. The minimum absolute atomic E-state index is 0. The van der Waals surface area contributed by atoms with Crippen molar-refractivity contribution in [2.45, 2.75) is 158 Å². The maximum absolute atomic E-state index is 10.7. The summed E-state index contributed by atoms with van der Waals surface area (Å²) in [5, 5.41) is 42.8. The molecule has 0 aliphatic rings. The summed E-state index contributed by atoms with van der Waals surface area (Å²) in [7, 11) is 0. The van der Waals surface area contributed by atoms with Gasteiger partial charge < -0.3 is 59.5 Å². The Morgan fingerprint density at radius 3 is 0.622 bits per heavy atom. The van der Waals surface area contributed by atoms with Crippen LogP contribution in [0.4, 0.5) is 0 Å². The molecule has 0 unspecified atom stereocenters. The minimum Gasteiger partial charge on any atom is -2.00 e. The summed E-state index contributed by atoms with van der Waals surface area (Å²) in [4.78, 5) is 58.5. The van der Waals surface area contributed by atoms with E-state index in [1.54, 1.807) is 0 Å². The molecule has 0 atom stereocenters. The number of rotatable bonds is 30. The standard InChI is InChI=1S/2C16H36N.2C12H8N2O4.Cu.2O.Ti/c2*1-5-9-13-17(14-10-6-2,15-11-7-3)16-12-8-4;2*15-11(16)7-1-3-13-9(5-7)10-6-8(12(17)18)2-4-14-10;;;;/h2*5-16H2,1-4H3;2*1-6H,(H,15,16)(H,17,18);;;;/q2*+1;;;+2;2*-2;+4/p-4. The Balaban J connectivity index is -0.000000434. The third kappa shape index (κ3) is 30.2. The molecular formula is C56H84CuN6O10Ti. The number of hydrogen-bond acceptors (Lipinski definition) is 12. The van der Waals surface area contributed by atoms with Gasteiger partial charge >= 0.3 is 38.8 Å². The van der Waals surface area contributed by atoms with E-state index in [-0.39, 0.29) is 94.8 Å². The van der Waals surface area contributed by atoms with Crippen molar-refractivity contribution in [3.8, 4) is 22.8 Å². The zero-order valence-electron chi connectivity index (χ0n) is 45.5. The van der Waals surface area contributed by atoms with E-state index in [0.29, 0.717) is 0 Å². The molecule has 0 N–H and O–H groups in total. The number of unbranched alkanes of at least 4 members (excludes halogenated alkanes) is 8. The Labute approximate surface area is 468 Å². The van der Waals surface area contributed by atoms with Gasteiger partial charge in [-0.15, -0.1) is 0 Å². The summed E-state index contributed by atoms with van der Waals surface area (Å²) in [5.74, 6) is -5.35. The summed E-state index contributed by atoms with van der Waals surface area (Å²) in [6, 6.07) is 10.2. The first kappa shape index (κ1) is 76.1. The molecule has 0 saturated heterocycles. The molecule has 0 bridgehead atoms. The zero-order chi connectivity index (χ0) is 52.2. The van der Waals surface area contributed by atoms with Crippen molar-refractivity contribution < 1.29 is 98.3 Å². The number of carboxylic acids is 4. The molecule has 413 valence electrons. The summed E-state index contributed by atoms with van der Waals surface area (Å²) in [6.07, 6.45) is 27.3. The van der Waals surface area contributed by atoms with Gasteiger partial charge in [0.25, 0.3) is 0 Å². The number of aromatic carboxylic acids is 4. The Kier molecular flexibility index (Phi) is 46.1. The summed E-state index contributed by atoms with van der Waals surface area (Å²) in [6.45, 7) is 30.0. The molecule has 4 rings (SSSR count). The van der Waals surface area contributed by atoms with Crippen LogP contribution in [0.15, 0.2) is 73.3 Å². The van der Waals surface area contributed by atoms with Gasteiger partial charge in [0.05, 0.1) is 99.0 Å². The summed E-state index contributed by atoms with van der Waals surface area (Å²) >= 11 is 0. The number of hydrogen-bond donors (Lipinski definition) is 0. The molecule has 74 heavy (non-hydrogen) atoms. The SMILES string of the molecule is CCCC[N+](CCCC)(CCCC)CCCC.CCCC[N+](CCCC)(CCCC)CCCC.O=C([O-])c1ccnc(-c2cc(C(=O)[O-])ccn2)c1.O=C([O-])c1ccnc(-c2cc(C(=O)[O-])ccn2)c1.[Cu+2].[O-2].[O-2].[Ti+4]. The molecule has 0 aliphatic heterocycles. The van der Waals surface area contributed by atoms with Crippen molar-refractivity contribution in [1.82, 2.24) is 19.9 Å². The average molecular weight is 1110 g/mol. The molecule has 1 radical (unpaired) electrons. The van der Waals surface area contributed by atoms with Gasteiger partial charge in [-0.1, -0.05) is 107 Å². The Morgan fingerprint density at radius 2 is 0.500 bits per heavy atom. The molecule has 0 saturated carbocycles. The molecule has 0 aromatic carbocycles. The van der Waals surface area contributed by atoms with Gasteiger partial charge in [-0.25, -0.2) is 0 Å². The van der Waals surface area contributed by atoms with Crippen LogP contribution in [0.2, 0.25) is 0 Å². The van der Waals surface area contributed by atoms with Crippen LogP contribution in [-0.2, 0) is 49.7 Å². The van der Waals surface area contributed by atoms with Gasteiger partial charge in [-0.3, -0.25) is 19.9 Å². The summed E-state index contributed by atoms with van der Waals surface area (Å²) < 4.78 is 2.84. The van der Waals surface area contributed by atoms with Crippen LogP contribution in [0.1, 0.15) is 200 Å². The van der Waals surface area contributed by atoms with Gasteiger partial charge in [-0.05, 0) is 99.9 Å². The number of carbonyl (C=O) groups excluding carboxylic acids is 4. The second-order valence-electron chi connectivity index (χ2n) is 18.2. The number of aromatic nitrogens is 4. The van der Waals surface area contributed by atoms with E-state index >= 15 is 0 Å². The van der Waals surface area contributed by atoms with Crippen LogP contribution in [0, 0.1) is 0 Å². The summed E-state index contributed by atoms with van der Waals surface area (Å²) in [5.41, 5.74) is 0.779. The number of carboxylic acid groups (broad SMARTS) is 4. The maximum atomic E-state index is 10.7. The van der Waals surface area contributed by atoms with E-state index in [1.165, 1.54) is 237 Å². The van der Waals surface area contributed by atoms with Gasteiger partial charge in [0.1, 0.15) is 0 Å². The van der Waals surface area contributed by atoms with Crippen molar-refractivity contribution in [1.29, 1.82) is 0 Å². The van der Waals surface area contributed by atoms with E-state index in [4.69, 9.17) is 0 Å². The second-order valence-corrected chi connectivity index (χ2v) is 18.2. The predicted octanol–water partition coefficient (Wildman–Crippen LogP) is 7.51. The number of quaternary nitrogens is 2. The van der Waals surface area contributed by atoms with Crippen molar-refractivity contribution >= 4 is 23.9 Å². The molecule has 0 spiro atoms. The minimum atomic E-state index is -1.34. The van der Waals surface area contributed by atoms with Gasteiger partial charge in [0.15, 0.2) is 0 Å². The molecule has 0 amide bonds. The third-order valence-electron chi connectivity index (χ3n) is 12.4. The second kappa shape index (κ2) is 44.8. The van der Waals surface area contributed by atoms with Gasteiger partial charge in [0.2, 0.25) is 0 Å². The maximum Gasteiger partial charge on any atom is 4.00 e. The molecule has 16 nitrogen and oxygen atoms in total. The molecule has 4 aromatic heterocycles. The van der Waals surface area contributed by atoms with Crippen molar-refractivity contribution in [2.24, 2.45) is 0 Å². The van der Waals surface area contributed by atoms with E-state index in [9.17, 15) is 39.6 Å². The van der Waals surface area contributed by atoms with E-state index in [2.05, 4.69) is 75.3 Å². The van der Waals surface area contributed by atoms with Crippen molar-refractivity contribution in [3.05, 3.63) is 95.6 Å². The van der Waals surface area contributed by atoms with E-state index in [1.807, 2.05) is 0 Å². The molecule has 4 heterocycles. The first-order valence-electron chi connectivity index (χ1n) is 26.0. The number of pyridine rings is 4. The predicted molar refractivity (Wildman–Crippen MR) is 272 cm³/mol. The fourth-order valence-electron chi connectivity index (χ4n) is 8.08. The van der Waals surface area contributed by atoms with Crippen LogP contribution in [0.5, 0.6) is 0 Å².